The van der Waals surface area contributed by atoms with Gasteiger partial charge in [0.25, 0.3) is 0 Å². The maximum atomic E-state index is 15.1. The van der Waals surface area contributed by atoms with Gasteiger partial charge >= 0.3 is 24.3 Å². The number of rotatable bonds is 20. The number of fused-ring (bicyclic) bond motifs is 6. The van der Waals surface area contributed by atoms with Gasteiger partial charge in [0.2, 0.25) is 61.0 Å². The molecule has 4 aromatic rings. The topological polar surface area (TPSA) is 317 Å². The monoisotopic (exact) mass is 1670 g/mol. The number of halogens is 8. The number of allylic oxidation sites excluding steroid dienone is 4. The second-order valence-electron chi connectivity index (χ2n) is 34.1. The smallest absolute Gasteiger partial charge is 0.427 e. The summed E-state index contributed by atoms with van der Waals surface area (Å²) in [7, 11) is -8.11. The zero-order valence-electron chi connectivity index (χ0n) is 66.6. The molecule has 2 saturated heterocycles. The van der Waals surface area contributed by atoms with Crippen LogP contribution in [0.4, 0.5) is 35.1 Å². The molecule has 0 radical (unpaired) electrons. The fourth-order valence-corrected chi connectivity index (χ4v) is 19.1. The standard InChI is InChI=1S/C42H53F4N3O9S.C40H49F4N3O9S/c1-7-56-34-17-26-12-15-47-36(30(26)19-31(34)43)57-28-18-32-33(50)22-41(38(53)48-59(54,55)40(6)13-14-40)21-27(41)11-9-8-10-24(2)16-25(3)29(37(52)49(32)23-28)20-35(51)58-39(4,5)42(44,45)46;1-5-54-33-15-25-10-13-45-35(29(25)17-30(33)41)56-27-16-31-32(48)20-39(37(51)46-57(52,53)38(4)11-12-38)19-26(39)9-7-6-8-23(2)14-24(3)28(36(50)47(31)21-27)18-34(49)55-22-40(42,43)44/h9,11-12,15,17,19,24-25,27-29,32H,7-8,10,13-14,16,18,20-23H2,1-6H3,(H,48,53);7,9-10,13,15,17,23-24,26-28,31H,5-6,8,11-12,14,16,18-22H2,1-4H3,(H,46,51)/b11-9-;9-7-/t24-,25-,27-,28-,29+,32+,41-;23-,24+,26+,27+,28-,31-,39+/m10/s1. The number of pyridine rings is 2. The van der Waals surface area contributed by atoms with E-state index in [-0.39, 0.29) is 87.1 Å². The van der Waals surface area contributed by atoms with Gasteiger partial charge in [0.05, 0.1) is 83.4 Å². The van der Waals surface area contributed by atoms with Gasteiger partial charge in [-0.25, -0.2) is 35.6 Å². The Bertz CT molecular complexity index is 4750. The van der Waals surface area contributed by atoms with Crippen LogP contribution in [0.5, 0.6) is 23.3 Å². The Hall–Kier alpha value is -8.56. The van der Waals surface area contributed by atoms with Crippen LogP contribution in [0.2, 0.25) is 0 Å². The number of amides is 4. The summed E-state index contributed by atoms with van der Waals surface area (Å²) >= 11 is 0. The molecule has 0 unspecified atom stereocenters. The number of esters is 2. The number of Topliss-reactive ketones (excluding diaryl/α,β-unsaturated/α-hetero) is 2. The molecule has 4 aliphatic carbocycles. The molecular weight excluding hydrogens is 1570 g/mol. The molecule has 4 aliphatic heterocycles. The number of nitrogens with one attached hydrogen (secondary N) is 2. The fourth-order valence-electron chi connectivity index (χ4n) is 16.5. The van der Waals surface area contributed by atoms with Crippen molar-refractivity contribution in [1.29, 1.82) is 0 Å². The first kappa shape index (κ1) is 88.3. The van der Waals surface area contributed by atoms with E-state index in [4.69, 9.17) is 23.7 Å². The molecule has 34 heteroatoms. The molecule has 4 saturated carbocycles. The summed E-state index contributed by atoms with van der Waals surface area (Å²) in [5.74, 6) is -12.2. The molecule has 2 aromatic heterocycles. The summed E-state index contributed by atoms with van der Waals surface area (Å²) < 4.78 is 198. The molecule has 6 heterocycles. The Kier molecular flexibility index (Phi) is 25.9. The van der Waals surface area contributed by atoms with Crippen molar-refractivity contribution in [3.63, 3.8) is 0 Å². The van der Waals surface area contributed by atoms with Crippen molar-refractivity contribution in [1.82, 2.24) is 29.2 Å². The van der Waals surface area contributed by atoms with Gasteiger partial charge in [-0.15, -0.1) is 0 Å². The highest BCUT2D eigenvalue weighted by Crippen LogP contribution is 2.60. The molecule has 24 nitrogen and oxygen atoms in total. The lowest BCUT2D eigenvalue weighted by Crippen LogP contribution is -2.48. The van der Waals surface area contributed by atoms with Gasteiger partial charge in [0.1, 0.15) is 12.2 Å². The van der Waals surface area contributed by atoms with Crippen molar-refractivity contribution in [2.75, 3.05) is 32.9 Å². The fraction of sp³-hybridized carbons (Fsp3) is 0.634. The molecule has 14 atom stereocenters. The largest absolute Gasteiger partial charge is 0.491 e. The lowest BCUT2D eigenvalue weighted by Gasteiger charge is -2.33. The second kappa shape index (κ2) is 34.0. The van der Waals surface area contributed by atoms with E-state index in [1.807, 2.05) is 38.2 Å². The Balaban J connectivity index is 0.000000228. The number of alkyl halides is 6. The van der Waals surface area contributed by atoms with Crippen molar-refractivity contribution in [2.45, 2.75) is 237 Å². The molecular formula is C82H102F8N6O18S2. The second-order valence-corrected chi connectivity index (χ2v) is 38.5. The first-order valence-corrected chi connectivity index (χ1v) is 42.6. The third-order valence-electron chi connectivity index (χ3n) is 24.5. The molecule has 2 aromatic carbocycles. The number of aromatic nitrogens is 2. The molecule has 116 heavy (non-hydrogen) atoms. The summed E-state index contributed by atoms with van der Waals surface area (Å²) in [5.41, 5.74) is -5.67. The Morgan fingerprint density at radius 3 is 1.35 bits per heavy atom. The maximum Gasteiger partial charge on any atom is 0.427 e. The highest BCUT2D eigenvalue weighted by molar-refractivity contribution is 7.92. The van der Waals surface area contributed by atoms with Gasteiger partial charge in [-0.3, -0.25) is 47.8 Å². The van der Waals surface area contributed by atoms with Gasteiger partial charge < -0.3 is 38.2 Å². The quantitative estimate of drug-likeness (QED) is 0.0472. The van der Waals surface area contributed by atoms with Crippen molar-refractivity contribution in [3.8, 4) is 23.3 Å². The average molecular weight is 1680 g/mol. The summed E-state index contributed by atoms with van der Waals surface area (Å²) in [5, 5.41) is 1.67. The molecule has 8 aliphatic rings. The van der Waals surface area contributed by atoms with Gasteiger partial charge in [-0.05, 0) is 201 Å². The van der Waals surface area contributed by atoms with E-state index in [0.29, 0.717) is 85.8 Å². The molecule has 6 fully saturated rings. The molecule has 0 spiro atoms. The van der Waals surface area contributed by atoms with E-state index in [0.717, 1.165) is 13.8 Å². The van der Waals surface area contributed by atoms with E-state index >= 15 is 8.78 Å². The minimum absolute atomic E-state index is 0.00104. The predicted octanol–water partition coefficient (Wildman–Crippen LogP) is 13.2. The van der Waals surface area contributed by atoms with Gasteiger partial charge in [-0.1, -0.05) is 52.0 Å². The number of ether oxygens (including phenoxy) is 6. The van der Waals surface area contributed by atoms with Crippen LogP contribution in [0.1, 0.15) is 185 Å². The van der Waals surface area contributed by atoms with E-state index in [2.05, 4.69) is 24.1 Å². The predicted molar refractivity (Wildman–Crippen MR) is 407 cm³/mol. The van der Waals surface area contributed by atoms with Crippen LogP contribution in [0.25, 0.3) is 21.5 Å². The van der Waals surface area contributed by atoms with Gasteiger partial charge in [-0.2, -0.15) is 26.3 Å². The van der Waals surface area contributed by atoms with Gasteiger partial charge in [0.15, 0.2) is 41.3 Å². The van der Waals surface area contributed by atoms with Crippen LogP contribution in [0, 0.1) is 69.8 Å². The first-order valence-electron chi connectivity index (χ1n) is 39.7. The third-order valence-corrected chi connectivity index (χ3v) is 28.9. The number of ketones is 2. The van der Waals surface area contributed by atoms with Crippen molar-refractivity contribution in [2.24, 2.45) is 58.2 Å². The summed E-state index contributed by atoms with van der Waals surface area (Å²) in [6, 6.07) is 6.21. The summed E-state index contributed by atoms with van der Waals surface area (Å²) in [6.07, 6.45) is 1.61. The Labute approximate surface area is 669 Å². The van der Waals surface area contributed by atoms with E-state index in [1.54, 1.807) is 53.7 Å². The van der Waals surface area contributed by atoms with Crippen LogP contribution in [0.3, 0.4) is 0 Å². The molecule has 636 valence electrons. The first-order chi connectivity index (χ1) is 54.3. The van der Waals surface area contributed by atoms with Crippen molar-refractivity contribution < 1.29 is 119 Å². The lowest BCUT2D eigenvalue weighted by molar-refractivity contribution is -0.257. The Morgan fingerprint density at radius 2 is 0.983 bits per heavy atom. The number of nitrogens with zero attached hydrogens (tertiary/aromatic N) is 4. The SMILES string of the molecule is CCOc1cc2ccnc(O[C@@H]3C[C@H]4C(=O)C[C@]5(C(=O)NS(=O)(=O)C6(C)CC6)C[C@H]5/C=C\CC[C@@H](C)C[C@@H](C)[C@H](CC(=O)OC(C)(C)C(F)(F)F)C(=O)N4C3)c2cc1F.CCOc1cc2ccnc(O[C@@H]3C[C@H]4C(=O)C[C@]5(C(=O)NS(=O)(=O)C6(C)CC6)C[C@H]5/C=C\CC[C@H](C)C[C@@H](C)[C@H](CC(=O)OCC(F)(F)F)C(=O)N4C3)c2cc1F. The van der Waals surface area contributed by atoms with E-state index in [9.17, 15) is 81.5 Å². The number of hydrogen-bond donors (Lipinski definition) is 2. The molecule has 4 amide bonds. The number of hydrogen-bond acceptors (Lipinski definition) is 20. The van der Waals surface area contributed by atoms with Crippen molar-refractivity contribution in [3.05, 3.63) is 84.7 Å². The van der Waals surface area contributed by atoms with Crippen LogP contribution in [0.15, 0.2) is 73.1 Å². The van der Waals surface area contributed by atoms with Crippen LogP contribution < -0.4 is 28.4 Å². The number of carbonyl (C=O) groups excluding carboxylic acids is 8. The van der Waals surface area contributed by atoms with E-state index < -0.39 is 209 Å². The molecule has 12 rings (SSSR count). The molecule has 2 N–H and O–H groups in total. The normalized spacial score (nSPS) is 29.5. The van der Waals surface area contributed by atoms with Crippen LogP contribution >= 0.6 is 0 Å². The number of carbonyl (C=O) groups is 8. The van der Waals surface area contributed by atoms with Crippen LogP contribution in [-0.2, 0) is 67.9 Å². The van der Waals surface area contributed by atoms with Gasteiger partial charge in [0, 0.05) is 48.8 Å². The highest BCUT2D eigenvalue weighted by Gasteiger charge is 2.65. The minimum atomic E-state index is -4.89. The minimum Gasteiger partial charge on any atom is -0.491 e. The Morgan fingerprint density at radius 1 is 0.586 bits per heavy atom. The van der Waals surface area contributed by atoms with Crippen molar-refractivity contribution >= 4 is 88.7 Å². The number of sulfonamides is 2. The van der Waals surface area contributed by atoms with Crippen LogP contribution in [-0.4, -0.2) is 168 Å². The maximum absolute atomic E-state index is 15.1. The van der Waals surface area contributed by atoms with E-state index in [1.165, 1.54) is 46.5 Å². The highest BCUT2D eigenvalue weighted by atomic mass is 32.2. The zero-order chi connectivity index (χ0) is 84.8. The summed E-state index contributed by atoms with van der Waals surface area (Å²) in [4.78, 5) is 124. The lowest BCUT2D eigenvalue weighted by atomic mass is 9.82. The average Bonchev–Trinajstić information content (AvgIpc) is 1.57. The molecule has 0 bridgehead atoms. The third kappa shape index (κ3) is 19.7. The number of benzene rings is 2. The summed E-state index contributed by atoms with van der Waals surface area (Å²) in [6.45, 7) is 13.5. The zero-order valence-corrected chi connectivity index (χ0v) is 68.2.